The van der Waals surface area contributed by atoms with Crippen LogP contribution in [0.4, 0.5) is 8.78 Å². The van der Waals surface area contributed by atoms with Gasteiger partial charge < -0.3 is 23.8 Å². The first-order valence-corrected chi connectivity index (χ1v) is 11.0. The number of aryl methyl sites for hydroxylation is 1. The lowest BCUT2D eigenvalue weighted by molar-refractivity contribution is -0.116. The van der Waals surface area contributed by atoms with Crippen LogP contribution in [0.3, 0.4) is 0 Å². The highest BCUT2D eigenvalue weighted by Crippen LogP contribution is 2.42. The van der Waals surface area contributed by atoms with E-state index >= 15 is 0 Å². The molecule has 0 radical (unpaired) electrons. The van der Waals surface area contributed by atoms with E-state index in [4.69, 9.17) is 14.3 Å². The predicted octanol–water partition coefficient (Wildman–Crippen LogP) is 4.75. The van der Waals surface area contributed by atoms with Gasteiger partial charge >= 0.3 is 0 Å². The molecule has 1 aromatic heterocycles. The molecule has 9 heteroatoms. The third-order valence-electron chi connectivity index (χ3n) is 6.09. The minimum Gasteiger partial charge on any atom is -0.495 e. The van der Waals surface area contributed by atoms with Crippen LogP contribution in [0.5, 0.6) is 5.75 Å². The maximum absolute atomic E-state index is 14.7. The number of hydrogen-bond acceptors (Lipinski definition) is 6. The second-order valence-corrected chi connectivity index (χ2v) is 8.13. The van der Waals surface area contributed by atoms with Gasteiger partial charge in [-0.05, 0) is 42.8 Å². The van der Waals surface area contributed by atoms with Gasteiger partial charge in [0.05, 0.1) is 36.9 Å². The van der Waals surface area contributed by atoms with E-state index in [1.165, 1.54) is 12.1 Å². The van der Waals surface area contributed by atoms with Crippen LogP contribution in [0.1, 0.15) is 30.2 Å². The van der Waals surface area contributed by atoms with Gasteiger partial charge in [-0.15, -0.1) is 0 Å². The number of methoxy groups -OCH3 is 1. The molecule has 0 spiro atoms. The Morgan fingerprint density at radius 1 is 1.21 bits per heavy atom. The predicted molar refractivity (Wildman–Crippen MR) is 122 cm³/mol. The Kier molecular flexibility index (Phi) is 5.47. The number of halogens is 2. The van der Waals surface area contributed by atoms with Crippen LogP contribution in [0.15, 0.2) is 59.8 Å². The molecule has 2 aliphatic heterocycles. The van der Waals surface area contributed by atoms with E-state index in [0.717, 1.165) is 23.0 Å². The smallest absolute Gasteiger partial charge is 0.240 e. The molecule has 1 saturated heterocycles. The number of hydrogen-bond donors (Lipinski definition) is 0. The number of fused-ring (bicyclic) bond motifs is 1. The molecule has 0 N–H and O–H groups in total. The van der Waals surface area contributed by atoms with Crippen LogP contribution in [0, 0.1) is 18.6 Å². The van der Waals surface area contributed by atoms with E-state index in [1.54, 1.807) is 13.4 Å². The van der Waals surface area contributed by atoms with Gasteiger partial charge in [0.25, 0.3) is 0 Å². The summed E-state index contributed by atoms with van der Waals surface area (Å²) in [5, 5.41) is 4.26. The molecule has 3 aromatic rings. The molecule has 0 bridgehead atoms. The second kappa shape index (κ2) is 8.48. The summed E-state index contributed by atoms with van der Waals surface area (Å²) in [6.07, 6.45) is 5.90. The quantitative estimate of drug-likeness (QED) is 0.543. The SMILES string of the molecule is CCC1(c2ccc(F)cc2F)ON=C2/C(=C\c3ccc(-n4cnc(C)c4)c(OC)c3)OCCN21. The Hall–Kier alpha value is -3.88. The van der Waals surface area contributed by atoms with Crippen LogP contribution < -0.4 is 4.74 Å². The first-order valence-electron chi connectivity index (χ1n) is 11.0. The Morgan fingerprint density at radius 2 is 2.06 bits per heavy atom. The van der Waals surface area contributed by atoms with Gasteiger partial charge in [-0.25, -0.2) is 13.8 Å². The molecule has 0 aliphatic carbocycles. The molecule has 176 valence electrons. The van der Waals surface area contributed by atoms with Crippen molar-refractivity contribution in [2.24, 2.45) is 5.16 Å². The van der Waals surface area contributed by atoms with Gasteiger partial charge in [-0.3, -0.25) is 0 Å². The summed E-state index contributed by atoms with van der Waals surface area (Å²) in [6, 6.07) is 9.26. The summed E-state index contributed by atoms with van der Waals surface area (Å²) >= 11 is 0. The van der Waals surface area contributed by atoms with Gasteiger partial charge in [-0.2, -0.15) is 0 Å². The Morgan fingerprint density at radius 3 is 2.76 bits per heavy atom. The highest BCUT2D eigenvalue weighted by atomic mass is 19.1. The van der Waals surface area contributed by atoms with Crippen LogP contribution in [-0.4, -0.2) is 40.5 Å². The molecule has 1 fully saturated rings. The van der Waals surface area contributed by atoms with E-state index < -0.39 is 17.4 Å². The summed E-state index contributed by atoms with van der Waals surface area (Å²) < 4.78 is 41.7. The fourth-order valence-corrected chi connectivity index (χ4v) is 4.42. The molecule has 2 aliphatic rings. The van der Waals surface area contributed by atoms with Gasteiger partial charge in [0.15, 0.2) is 5.76 Å². The van der Waals surface area contributed by atoms with Crippen molar-refractivity contribution >= 4 is 11.9 Å². The maximum Gasteiger partial charge on any atom is 0.240 e. The van der Waals surface area contributed by atoms with Crippen molar-refractivity contribution in [1.82, 2.24) is 14.5 Å². The molecule has 1 unspecified atom stereocenters. The van der Waals surface area contributed by atoms with Crippen molar-refractivity contribution in [3.05, 3.63) is 83.1 Å². The largest absolute Gasteiger partial charge is 0.495 e. The van der Waals surface area contributed by atoms with Gasteiger partial charge in [0.1, 0.15) is 24.0 Å². The molecular formula is C25H24F2N4O3. The number of benzene rings is 2. The molecule has 3 heterocycles. The average molecular weight is 466 g/mol. The molecule has 7 nitrogen and oxygen atoms in total. The van der Waals surface area contributed by atoms with Crippen LogP contribution in [-0.2, 0) is 15.3 Å². The molecule has 2 aromatic carbocycles. The van der Waals surface area contributed by atoms with Crippen molar-refractivity contribution < 1.29 is 23.1 Å². The number of oxime groups is 1. The molecule has 34 heavy (non-hydrogen) atoms. The zero-order valence-electron chi connectivity index (χ0n) is 19.1. The first-order chi connectivity index (χ1) is 16.4. The zero-order valence-corrected chi connectivity index (χ0v) is 19.1. The number of imidazole rings is 1. The monoisotopic (exact) mass is 466 g/mol. The van der Waals surface area contributed by atoms with E-state index in [1.807, 2.05) is 53.8 Å². The lowest BCUT2D eigenvalue weighted by Crippen LogP contribution is -2.50. The van der Waals surface area contributed by atoms with Gasteiger partial charge in [0, 0.05) is 18.7 Å². The molecular weight excluding hydrogens is 442 g/mol. The van der Waals surface area contributed by atoms with Crippen molar-refractivity contribution in [2.45, 2.75) is 26.0 Å². The third-order valence-corrected chi connectivity index (χ3v) is 6.09. The molecule has 5 rings (SSSR count). The molecule has 1 atom stereocenters. The lowest BCUT2D eigenvalue weighted by Gasteiger charge is -2.39. The maximum atomic E-state index is 14.7. The van der Waals surface area contributed by atoms with Crippen molar-refractivity contribution in [1.29, 1.82) is 0 Å². The van der Waals surface area contributed by atoms with Crippen LogP contribution >= 0.6 is 0 Å². The van der Waals surface area contributed by atoms with Gasteiger partial charge in [-0.1, -0.05) is 18.1 Å². The summed E-state index contributed by atoms with van der Waals surface area (Å²) in [6.45, 7) is 4.61. The summed E-state index contributed by atoms with van der Waals surface area (Å²) in [5.74, 6) is 0.311. The minimum atomic E-state index is -1.17. The number of nitrogens with zero attached hydrogens (tertiary/aromatic N) is 4. The minimum absolute atomic E-state index is 0.234. The highest BCUT2D eigenvalue weighted by Gasteiger charge is 2.50. The summed E-state index contributed by atoms with van der Waals surface area (Å²) in [7, 11) is 1.61. The average Bonchev–Trinajstić information content (AvgIpc) is 3.44. The Bertz CT molecular complexity index is 1300. The van der Waals surface area contributed by atoms with Crippen LogP contribution in [0.2, 0.25) is 0 Å². The van der Waals surface area contributed by atoms with E-state index in [2.05, 4.69) is 10.1 Å². The first kappa shape index (κ1) is 21.9. The normalized spacial score (nSPS) is 20.6. The standard InChI is InChI=1S/C25H24F2N4O3/c1-4-25(19-7-6-18(26)13-20(19)27)31-9-10-33-23(24(31)29-34-25)12-17-5-8-21(22(11-17)32-3)30-14-16(2)28-15-30/h5-8,11-15H,4,9-10H2,1-3H3/b23-12+. The number of amidine groups is 1. The van der Waals surface area contributed by atoms with Gasteiger partial charge in [0.2, 0.25) is 11.6 Å². The van der Waals surface area contributed by atoms with Crippen molar-refractivity contribution in [3.8, 4) is 11.4 Å². The molecule has 0 amide bonds. The fraction of sp³-hybridized carbons (Fsp3) is 0.280. The number of rotatable bonds is 5. The van der Waals surface area contributed by atoms with Crippen molar-refractivity contribution in [3.63, 3.8) is 0 Å². The Balaban J connectivity index is 1.49. The van der Waals surface area contributed by atoms with E-state index in [-0.39, 0.29) is 5.56 Å². The Labute approximate surface area is 195 Å². The highest BCUT2D eigenvalue weighted by molar-refractivity contribution is 6.01. The molecule has 0 saturated carbocycles. The third kappa shape index (κ3) is 3.57. The number of ether oxygens (including phenoxy) is 2. The number of aromatic nitrogens is 2. The topological polar surface area (TPSA) is 61.1 Å². The number of morpholine rings is 1. The van der Waals surface area contributed by atoms with E-state index in [9.17, 15) is 8.78 Å². The van der Waals surface area contributed by atoms with Crippen molar-refractivity contribution in [2.75, 3.05) is 20.3 Å². The summed E-state index contributed by atoms with van der Waals surface area (Å²) in [5.41, 5.74) is 1.66. The summed E-state index contributed by atoms with van der Waals surface area (Å²) in [4.78, 5) is 12.0. The second-order valence-electron chi connectivity index (χ2n) is 8.13. The lowest BCUT2D eigenvalue weighted by atomic mass is 9.96. The zero-order chi connectivity index (χ0) is 23.9. The van der Waals surface area contributed by atoms with E-state index in [0.29, 0.717) is 36.9 Å². The fourth-order valence-electron chi connectivity index (χ4n) is 4.42. The van der Waals surface area contributed by atoms with Crippen LogP contribution in [0.25, 0.3) is 11.8 Å².